The first-order chi connectivity index (χ1) is 12.2. The van der Waals surface area contributed by atoms with Gasteiger partial charge in [-0.15, -0.1) is 0 Å². The van der Waals surface area contributed by atoms with Crippen molar-refractivity contribution in [2.75, 3.05) is 52.4 Å². The maximum Gasteiger partial charge on any atom is 0.191 e. The molecule has 4 rings (SSSR count). The first-order valence-electron chi connectivity index (χ1n) is 9.71. The maximum atomic E-state index is 4.82. The van der Waals surface area contributed by atoms with Gasteiger partial charge >= 0.3 is 0 Å². The second-order valence-electron chi connectivity index (χ2n) is 7.40. The molecule has 138 valence electrons. The Labute approximate surface area is 152 Å². The molecule has 0 amide bonds. The highest BCUT2D eigenvalue weighted by Crippen LogP contribution is 2.16. The van der Waals surface area contributed by atoms with Gasteiger partial charge in [-0.05, 0) is 19.4 Å². The van der Waals surface area contributed by atoms with Crippen LogP contribution in [0, 0.1) is 6.92 Å². The van der Waals surface area contributed by atoms with Crippen LogP contribution >= 0.6 is 0 Å². The minimum atomic E-state index is 0.427. The van der Waals surface area contributed by atoms with Crippen LogP contribution < -0.4 is 10.6 Å². The molecule has 1 aromatic carbocycles. The third kappa shape index (κ3) is 4.95. The van der Waals surface area contributed by atoms with Crippen LogP contribution in [0.25, 0.3) is 0 Å². The molecule has 0 spiro atoms. The highest BCUT2D eigenvalue weighted by molar-refractivity contribution is 5.79. The second kappa shape index (κ2) is 8.68. The Bertz CT molecular complexity index is 560. The zero-order valence-electron chi connectivity index (χ0n) is 16.0. The lowest BCUT2D eigenvalue weighted by Crippen LogP contribution is -2.63. The van der Waals surface area contributed by atoms with E-state index in [1.807, 2.05) is 0 Å². The molecule has 5 nitrogen and oxygen atoms in total. The summed E-state index contributed by atoms with van der Waals surface area (Å²) in [6.07, 6.45) is 0. The number of aliphatic imine (C=N–C) groups is 1. The molecule has 3 aliphatic heterocycles. The Kier molecular flexibility index (Phi) is 6.32. The van der Waals surface area contributed by atoms with Crippen LogP contribution in [0.4, 0.5) is 0 Å². The summed E-state index contributed by atoms with van der Waals surface area (Å²) < 4.78 is 0. The third-order valence-corrected chi connectivity index (χ3v) is 5.41. The van der Waals surface area contributed by atoms with Crippen molar-refractivity contribution >= 4 is 5.96 Å². The number of hydrogen-bond donors (Lipinski definition) is 2. The molecule has 3 fully saturated rings. The zero-order chi connectivity index (χ0) is 17.6. The summed E-state index contributed by atoms with van der Waals surface area (Å²) in [4.78, 5) is 10.0. The number of benzene rings is 1. The molecule has 3 saturated heterocycles. The van der Waals surface area contributed by atoms with E-state index in [4.69, 9.17) is 4.99 Å². The van der Waals surface area contributed by atoms with E-state index in [-0.39, 0.29) is 0 Å². The third-order valence-electron chi connectivity index (χ3n) is 5.41. The van der Waals surface area contributed by atoms with Gasteiger partial charge in [0.15, 0.2) is 5.96 Å². The fourth-order valence-corrected chi connectivity index (χ4v) is 3.70. The summed E-state index contributed by atoms with van der Waals surface area (Å²) in [5, 5.41) is 6.95. The molecule has 2 bridgehead atoms. The Morgan fingerprint density at radius 1 is 1.16 bits per heavy atom. The number of fused-ring (bicyclic) bond motifs is 3. The highest BCUT2D eigenvalue weighted by atomic mass is 15.4. The van der Waals surface area contributed by atoms with E-state index in [1.165, 1.54) is 43.9 Å². The van der Waals surface area contributed by atoms with Crippen molar-refractivity contribution in [2.45, 2.75) is 32.7 Å². The monoisotopic (exact) mass is 343 g/mol. The second-order valence-corrected chi connectivity index (χ2v) is 7.40. The van der Waals surface area contributed by atoms with Crippen LogP contribution in [0.1, 0.15) is 30.9 Å². The molecule has 0 aliphatic carbocycles. The predicted octanol–water partition coefficient (Wildman–Crippen LogP) is 1.65. The molecule has 0 radical (unpaired) electrons. The lowest BCUT2D eigenvalue weighted by molar-refractivity contribution is 0.0154. The molecule has 2 unspecified atom stereocenters. The molecule has 3 heterocycles. The minimum absolute atomic E-state index is 0.427. The number of nitrogens with zero attached hydrogens (tertiary/aromatic N) is 3. The van der Waals surface area contributed by atoms with Crippen molar-refractivity contribution in [3.63, 3.8) is 0 Å². The van der Waals surface area contributed by atoms with Gasteiger partial charge in [-0.25, -0.2) is 0 Å². The van der Waals surface area contributed by atoms with Crippen molar-refractivity contribution in [3.05, 3.63) is 35.4 Å². The van der Waals surface area contributed by atoms with Crippen LogP contribution in [-0.2, 0) is 0 Å². The summed E-state index contributed by atoms with van der Waals surface area (Å²) in [5.41, 5.74) is 2.66. The molecule has 1 aromatic rings. The first kappa shape index (κ1) is 18.2. The van der Waals surface area contributed by atoms with Gasteiger partial charge in [0.2, 0.25) is 0 Å². The van der Waals surface area contributed by atoms with Gasteiger partial charge in [-0.1, -0.05) is 36.8 Å². The number of aryl methyl sites for hydroxylation is 1. The molecule has 2 N–H and O–H groups in total. The summed E-state index contributed by atoms with van der Waals surface area (Å²) >= 11 is 0. The van der Waals surface area contributed by atoms with Crippen LogP contribution in [-0.4, -0.2) is 74.2 Å². The maximum absolute atomic E-state index is 4.82. The molecular weight excluding hydrogens is 310 g/mol. The van der Waals surface area contributed by atoms with Crippen LogP contribution in [0.15, 0.2) is 29.3 Å². The first-order valence-corrected chi connectivity index (χ1v) is 9.71. The summed E-state index contributed by atoms with van der Waals surface area (Å²) in [7, 11) is 0. The lowest BCUT2D eigenvalue weighted by Gasteiger charge is -2.47. The van der Waals surface area contributed by atoms with Crippen LogP contribution in [0.3, 0.4) is 0 Å². The lowest BCUT2D eigenvalue weighted by atomic mass is 10.0. The van der Waals surface area contributed by atoms with E-state index in [9.17, 15) is 0 Å². The average Bonchev–Trinajstić information content (AvgIpc) is 2.65. The molecule has 2 atom stereocenters. The Hall–Kier alpha value is -1.59. The minimum Gasteiger partial charge on any atom is -0.357 e. The summed E-state index contributed by atoms with van der Waals surface area (Å²) in [5.74, 6) is 1.37. The van der Waals surface area contributed by atoms with Gasteiger partial charge in [0, 0.05) is 64.3 Å². The fraction of sp³-hybridized carbons (Fsp3) is 0.650. The molecule has 5 heteroatoms. The van der Waals surface area contributed by atoms with Gasteiger partial charge in [0.05, 0.1) is 0 Å². The van der Waals surface area contributed by atoms with E-state index in [0.717, 1.165) is 25.6 Å². The summed E-state index contributed by atoms with van der Waals surface area (Å²) in [6.45, 7) is 15.3. The molecule has 25 heavy (non-hydrogen) atoms. The van der Waals surface area contributed by atoms with Gasteiger partial charge in [-0.2, -0.15) is 0 Å². The SMILES string of the molecule is CCNC(=NCC(C)c1ccc(C)cc1)NCC1CN2CCN1CC2. The van der Waals surface area contributed by atoms with E-state index < -0.39 is 0 Å². The normalized spacial score (nSPS) is 27.2. The van der Waals surface area contributed by atoms with Gasteiger partial charge in [0.1, 0.15) is 0 Å². The largest absolute Gasteiger partial charge is 0.357 e. The fourth-order valence-electron chi connectivity index (χ4n) is 3.70. The van der Waals surface area contributed by atoms with E-state index in [0.29, 0.717) is 12.0 Å². The van der Waals surface area contributed by atoms with Crippen LogP contribution in [0.2, 0.25) is 0 Å². The van der Waals surface area contributed by atoms with Gasteiger partial charge in [-0.3, -0.25) is 14.8 Å². The topological polar surface area (TPSA) is 42.9 Å². The molecular formula is C20H33N5. The van der Waals surface area contributed by atoms with Gasteiger partial charge in [0.25, 0.3) is 0 Å². The molecule has 3 aliphatic rings. The average molecular weight is 344 g/mol. The highest BCUT2D eigenvalue weighted by Gasteiger charge is 2.31. The molecule has 0 aromatic heterocycles. The molecule has 0 saturated carbocycles. The van der Waals surface area contributed by atoms with Gasteiger partial charge < -0.3 is 10.6 Å². The van der Waals surface area contributed by atoms with Crippen molar-refractivity contribution in [1.82, 2.24) is 20.4 Å². The van der Waals surface area contributed by atoms with E-state index in [2.05, 4.69) is 65.5 Å². The van der Waals surface area contributed by atoms with Crippen LogP contribution in [0.5, 0.6) is 0 Å². The number of piperazine rings is 3. The number of hydrogen-bond acceptors (Lipinski definition) is 3. The predicted molar refractivity (Wildman–Crippen MR) is 105 cm³/mol. The van der Waals surface area contributed by atoms with E-state index >= 15 is 0 Å². The Balaban J connectivity index is 1.52. The van der Waals surface area contributed by atoms with E-state index in [1.54, 1.807) is 0 Å². The number of nitrogens with one attached hydrogen (secondary N) is 2. The van der Waals surface area contributed by atoms with Crippen molar-refractivity contribution in [1.29, 1.82) is 0 Å². The van der Waals surface area contributed by atoms with Crippen molar-refractivity contribution in [3.8, 4) is 0 Å². The Morgan fingerprint density at radius 2 is 1.88 bits per heavy atom. The number of rotatable bonds is 6. The van der Waals surface area contributed by atoms with Crippen molar-refractivity contribution in [2.24, 2.45) is 4.99 Å². The van der Waals surface area contributed by atoms with Crippen molar-refractivity contribution < 1.29 is 0 Å². The standard InChI is InChI=1S/C20H33N5/c1-4-21-20(22-13-17(3)18-7-5-16(2)6-8-18)23-14-19-15-24-9-11-25(19)12-10-24/h5-8,17,19H,4,9-15H2,1-3H3,(H2,21,22,23). The smallest absolute Gasteiger partial charge is 0.191 e. The zero-order valence-corrected chi connectivity index (χ0v) is 16.0. The Morgan fingerprint density at radius 3 is 2.48 bits per heavy atom. The quantitative estimate of drug-likeness (QED) is 0.609. The number of guanidine groups is 1. The summed E-state index contributed by atoms with van der Waals surface area (Å²) in [6, 6.07) is 9.41.